The lowest BCUT2D eigenvalue weighted by Gasteiger charge is -2.32. The quantitative estimate of drug-likeness (QED) is 0.710. The van der Waals surface area contributed by atoms with Crippen molar-refractivity contribution < 1.29 is 22.3 Å². The SMILES string of the molecule is COC(=O)CN1CCN(S(=O)(=O)c2ncccc2F)CC1. The molecule has 0 radical (unpaired) electrons. The molecular weight excluding hydrogens is 301 g/mol. The van der Waals surface area contributed by atoms with E-state index in [4.69, 9.17) is 0 Å². The maximum atomic E-state index is 13.6. The summed E-state index contributed by atoms with van der Waals surface area (Å²) in [6.07, 6.45) is 1.24. The van der Waals surface area contributed by atoms with Crippen molar-refractivity contribution in [3.63, 3.8) is 0 Å². The molecule has 0 atom stereocenters. The number of ether oxygens (including phenoxy) is 1. The van der Waals surface area contributed by atoms with Gasteiger partial charge < -0.3 is 4.74 Å². The number of aromatic nitrogens is 1. The van der Waals surface area contributed by atoms with Crippen LogP contribution in [0.3, 0.4) is 0 Å². The number of esters is 1. The third-order valence-electron chi connectivity index (χ3n) is 3.22. The molecule has 1 fully saturated rings. The lowest BCUT2D eigenvalue weighted by molar-refractivity contribution is -0.142. The van der Waals surface area contributed by atoms with E-state index in [0.717, 1.165) is 6.07 Å². The van der Waals surface area contributed by atoms with Crippen molar-refractivity contribution >= 4 is 16.0 Å². The summed E-state index contributed by atoms with van der Waals surface area (Å²) in [6.45, 7) is 1.22. The van der Waals surface area contributed by atoms with E-state index in [1.54, 1.807) is 4.90 Å². The van der Waals surface area contributed by atoms with Crippen LogP contribution in [0.1, 0.15) is 0 Å². The highest BCUT2D eigenvalue weighted by molar-refractivity contribution is 7.89. The van der Waals surface area contributed by atoms with Crippen molar-refractivity contribution in [3.8, 4) is 0 Å². The van der Waals surface area contributed by atoms with E-state index in [2.05, 4.69) is 9.72 Å². The number of halogens is 1. The summed E-state index contributed by atoms with van der Waals surface area (Å²) in [5.41, 5.74) is 0. The van der Waals surface area contributed by atoms with Crippen LogP contribution in [0.25, 0.3) is 0 Å². The van der Waals surface area contributed by atoms with Gasteiger partial charge in [0.1, 0.15) is 0 Å². The molecule has 0 unspecified atom stereocenters. The zero-order chi connectivity index (χ0) is 15.5. The molecule has 1 aromatic rings. The molecule has 1 aliphatic heterocycles. The standard InChI is InChI=1S/C12H16FN3O4S/c1-20-11(17)9-15-5-7-16(8-6-15)21(18,19)12-10(13)3-2-4-14-12/h2-4H,5-9H2,1H3. The Hall–Kier alpha value is -1.58. The van der Waals surface area contributed by atoms with E-state index in [1.807, 2.05) is 0 Å². The molecular formula is C12H16FN3O4S. The lowest BCUT2D eigenvalue weighted by Crippen LogP contribution is -2.50. The van der Waals surface area contributed by atoms with Crippen LogP contribution in [0, 0.1) is 5.82 Å². The van der Waals surface area contributed by atoms with Crippen molar-refractivity contribution in [2.45, 2.75) is 5.03 Å². The molecule has 21 heavy (non-hydrogen) atoms. The van der Waals surface area contributed by atoms with Crippen molar-refractivity contribution in [3.05, 3.63) is 24.1 Å². The first-order chi connectivity index (χ1) is 9.95. The van der Waals surface area contributed by atoms with Gasteiger partial charge in [0, 0.05) is 32.4 Å². The maximum absolute atomic E-state index is 13.6. The molecule has 0 aromatic carbocycles. The number of pyridine rings is 1. The largest absolute Gasteiger partial charge is 0.468 e. The first-order valence-corrected chi connectivity index (χ1v) is 7.79. The Labute approximate surface area is 122 Å². The summed E-state index contributed by atoms with van der Waals surface area (Å²) in [4.78, 5) is 16.6. The van der Waals surface area contributed by atoms with Gasteiger partial charge in [-0.1, -0.05) is 0 Å². The Morgan fingerprint density at radius 1 is 1.38 bits per heavy atom. The summed E-state index contributed by atoms with van der Waals surface area (Å²) in [5.74, 6) is -1.24. The van der Waals surface area contributed by atoms with Crippen LogP contribution in [-0.2, 0) is 19.6 Å². The Kier molecular flexibility index (Phi) is 4.86. The summed E-state index contributed by atoms with van der Waals surface area (Å²) in [5, 5.41) is -0.564. The predicted octanol–water partition coefficient (Wildman–Crippen LogP) is -0.300. The Balaban J connectivity index is 2.05. The van der Waals surface area contributed by atoms with Crippen LogP contribution < -0.4 is 0 Å². The highest BCUT2D eigenvalue weighted by atomic mass is 32.2. The van der Waals surface area contributed by atoms with Crippen molar-refractivity contribution in [1.29, 1.82) is 0 Å². The molecule has 9 heteroatoms. The molecule has 0 aliphatic carbocycles. The highest BCUT2D eigenvalue weighted by Gasteiger charge is 2.32. The van der Waals surface area contributed by atoms with Gasteiger partial charge in [-0.25, -0.2) is 17.8 Å². The number of hydrogen-bond acceptors (Lipinski definition) is 6. The van der Waals surface area contributed by atoms with E-state index in [9.17, 15) is 17.6 Å². The minimum absolute atomic E-state index is 0.113. The molecule has 1 aliphatic rings. The van der Waals surface area contributed by atoms with Crippen LogP contribution in [0.4, 0.5) is 4.39 Å². The van der Waals surface area contributed by atoms with Crippen LogP contribution in [-0.4, -0.2) is 68.4 Å². The molecule has 0 bridgehead atoms. The number of carbonyl (C=O) groups excluding carboxylic acids is 1. The van der Waals surface area contributed by atoms with E-state index < -0.39 is 20.9 Å². The Morgan fingerprint density at radius 3 is 2.62 bits per heavy atom. The second-order valence-corrected chi connectivity index (χ2v) is 6.40. The Bertz CT molecular complexity index is 615. The molecule has 1 aromatic heterocycles. The lowest BCUT2D eigenvalue weighted by atomic mass is 10.3. The fourth-order valence-electron chi connectivity index (χ4n) is 2.06. The number of sulfonamides is 1. The smallest absolute Gasteiger partial charge is 0.319 e. The second-order valence-electron chi connectivity index (χ2n) is 4.55. The van der Waals surface area contributed by atoms with Crippen molar-refractivity contribution in [2.75, 3.05) is 39.8 Å². The first-order valence-electron chi connectivity index (χ1n) is 6.35. The minimum Gasteiger partial charge on any atom is -0.468 e. The third-order valence-corrected chi connectivity index (χ3v) is 5.05. The zero-order valence-electron chi connectivity index (χ0n) is 11.5. The summed E-state index contributed by atoms with van der Waals surface area (Å²) < 4.78 is 43.9. The molecule has 1 saturated heterocycles. The van der Waals surface area contributed by atoms with E-state index in [1.165, 1.54) is 23.7 Å². The van der Waals surface area contributed by atoms with E-state index >= 15 is 0 Å². The van der Waals surface area contributed by atoms with Gasteiger partial charge in [-0.2, -0.15) is 4.31 Å². The monoisotopic (exact) mass is 317 g/mol. The molecule has 0 spiro atoms. The molecule has 2 rings (SSSR count). The van der Waals surface area contributed by atoms with Gasteiger partial charge in [-0.15, -0.1) is 0 Å². The average molecular weight is 317 g/mol. The van der Waals surface area contributed by atoms with Crippen molar-refractivity contribution in [1.82, 2.24) is 14.2 Å². The van der Waals surface area contributed by atoms with Crippen molar-refractivity contribution in [2.24, 2.45) is 0 Å². The minimum atomic E-state index is -3.95. The third kappa shape index (κ3) is 3.55. The highest BCUT2D eigenvalue weighted by Crippen LogP contribution is 2.18. The molecule has 0 saturated carbocycles. The summed E-state index contributed by atoms with van der Waals surface area (Å²) >= 11 is 0. The normalized spacial score (nSPS) is 17.6. The summed E-state index contributed by atoms with van der Waals surface area (Å²) in [6, 6.07) is 2.40. The number of rotatable bonds is 4. The Morgan fingerprint density at radius 2 is 2.05 bits per heavy atom. The van der Waals surface area contributed by atoms with Crippen LogP contribution in [0.5, 0.6) is 0 Å². The number of hydrogen-bond donors (Lipinski definition) is 0. The van der Waals surface area contributed by atoms with Gasteiger partial charge in [-0.3, -0.25) is 9.69 Å². The fraction of sp³-hybridized carbons (Fsp3) is 0.500. The predicted molar refractivity (Wildman–Crippen MR) is 71.4 cm³/mol. The van der Waals surface area contributed by atoms with Gasteiger partial charge in [0.2, 0.25) is 5.03 Å². The van der Waals surface area contributed by atoms with E-state index in [-0.39, 0.29) is 25.6 Å². The number of methoxy groups -OCH3 is 1. The van der Waals surface area contributed by atoms with Crippen LogP contribution in [0.2, 0.25) is 0 Å². The molecule has 2 heterocycles. The fourth-order valence-corrected chi connectivity index (χ4v) is 3.46. The van der Waals surface area contributed by atoms with Crippen LogP contribution >= 0.6 is 0 Å². The maximum Gasteiger partial charge on any atom is 0.319 e. The van der Waals surface area contributed by atoms with E-state index in [0.29, 0.717) is 13.1 Å². The van der Waals surface area contributed by atoms with Gasteiger partial charge in [0.05, 0.1) is 13.7 Å². The van der Waals surface area contributed by atoms with Crippen LogP contribution in [0.15, 0.2) is 23.4 Å². The zero-order valence-corrected chi connectivity index (χ0v) is 12.3. The van der Waals surface area contributed by atoms with Gasteiger partial charge in [0.15, 0.2) is 5.82 Å². The number of piperazine rings is 1. The van der Waals surface area contributed by atoms with Gasteiger partial charge in [0.25, 0.3) is 10.0 Å². The van der Waals surface area contributed by atoms with Gasteiger partial charge >= 0.3 is 5.97 Å². The second kappa shape index (κ2) is 6.46. The van der Waals surface area contributed by atoms with Gasteiger partial charge in [-0.05, 0) is 12.1 Å². The first kappa shape index (κ1) is 15.8. The molecule has 0 N–H and O–H groups in total. The molecule has 7 nitrogen and oxygen atoms in total. The topological polar surface area (TPSA) is 79.8 Å². The molecule has 0 amide bonds. The number of carbonyl (C=O) groups is 1. The molecule has 116 valence electrons. The summed E-state index contributed by atoms with van der Waals surface area (Å²) in [7, 11) is -2.65. The average Bonchev–Trinajstić information content (AvgIpc) is 2.48. The number of nitrogens with zero attached hydrogens (tertiary/aromatic N) is 3.